The molecule has 0 fully saturated rings. The second-order valence-corrected chi connectivity index (χ2v) is 4.86. The molecule has 96 valence electrons. The molecule has 0 saturated carbocycles. The van der Waals surface area contributed by atoms with Crippen LogP contribution in [0.5, 0.6) is 0 Å². The summed E-state index contributed by atoms with van der Waals surface area (Å²) in [5.74, 6) is 0. The van der Waals surface area contributed by atoms with Gasteiger partial charge in [-0.3, -0.25) is 4.68 Å². The zero-order chi connectivity index (χ0) is 13.0. The second kappa shape index (κ2) is 5.83. The highest BCUT2D eigenvalue weighted by molar-refractivity contribution is 5.24. The van der Waals surface area contributed by atoms with E-state index in [1.807, 2.05) is 17.9 Å². The number of nitrogens with one attached hydrogen (secondary N) is 1. The molecule has 0 amide bonds. The summed E-state index contributed by atoms with van der Waals surface area (Å²) in [6.07, 6.45) is 5.02. The third kappa shape index (κ3) is 3.44. The SMILES string of the molecule is Cc1cccc(C(C)NCCc2cnn(C)c2)c1. The standard InChI is InChI=1S/C15H21N3/c1-12-5-4-6-15(9-12)13(2)16-8-7-14-10-17-18(3)11-14/h4-6,9-11,13,16H,7-8H2,1-3H3. The van der Waals surface area contributed by atoms with Gasteiger partial charge in [-0.15, -0.1) is 0 Å². The van der Waals surface area contributed by atoms with Crippen molar-refractivity contribution < 1.29 is 0 Å². The largest absolute Gasteiger partial charge is 0.310 e. The highest BCUT2D eigenvalue weighted by Gasteiger charge is 2.04. The van der Waals surface area contributed by atoms with Crippen LogP contribution in [0, 0.1) is 6.92 Å². The van der Waals surface area contributed by atoms with Gasteiger partial charge >= 0.3 is 0 Å². The quantitative estimate of drug-likeness (QED) is 0.875. The maximum Gasteiger partial charge on any atom is 0.0522 e. The molecule has 0 saturated heterocycles. The van der Waals surface area contributed by atoms with Crippen LogP contribution >= 0.6 is 0 Å². The van der Waals surface area contributed by atoms with Crippen molar-refractivity contribution >= 4 is 0 Å². The molecular weight excluding hydrogens is 222 g/mol. The van der Waals surface area contributed by atoms with Crippen molar-refractivity contribution in [3.63, 3.8) is 0 Å². The lowest BCUT2D eigenvalue weighted by molar-refractivity contribution is 0.576. The summed E-state index contributed by atoms with van der Waals surface area (Å²) in [5, 5.41) is 7.72. The molecule has 0 radical (unpaired) electrons. The molecule has 0 bridgehead atoms. The first kappa shape index (κ1) is 12.8. The fourth-order valence-electron chi connectivity index (χ4n) is 2.09. The lowest BCUT2D eigenvalue weighted by Crippen LogP contribution is -2.21. The zero-order valence-electron chi connectivity index (χ0n) is 11.4. The van der Waals surface area contributed by atoms with Gasteiger partial charge in [-0.1, -0.05) is 29.8 Å². The van der Waals surface area contributed by atoms with Gasteiger partial charge in [0.1, 0.15) is 0 Å². The molecule has 1 unspecified atom stereocenters. The number of aryl methyl sites for hydroxylation is 2. The number of benzene rings is 1. The van der Waals surface area contributed by atoms with E-state index >= 15 is 0 Å². The topological polar surface area (TPSA) is 29.9 Å². The van der Waals surface area contributed by atoms with E-state index in [4.69, 9.17) is 0 Å². The number of rotatable bonds is 5. The fraction of sp³-hybridized carbons (Fsp3) is 0.400. The Morgan fingerprint density at radius 3 is 2.89 bits per heavy atom. The minimum atomic E-state index is 0.390. The van der Waals surface area contributed by atoms with Crippen LogP contribution in [-0.4, -0.2) is 16.3 Å². The van der Waals surface area contributed by atoms with Gasteiger partial charge in [0.15, 0.2) is 0 Å². The highest BCUT2D eigenvalue weighted by Crippen LogP contribution is 2.13. The summed E-state index contributed by atoms with van der Waals surface area (Å²) >= 11 is 0. The van der Waals surface area contributed by atoms with Gasteiger partial charge in [0.2, 0.25) is 0 Å². The maximum absolute atomic E-state index is 4.17. The van der Waals surface area contributed by atoms with Crippen molar-refractivity contribution in [1.82, 2.24) is 15.1 Å². The Bertz CT molecular complexity index is 502. The van der Waals surface area contributed by atoms with Gasteiger partial charge in [0.25, 0.3) is 0 Å². The molecule has 0 aliphatic rings. The van der Waals surface area contributed by atoms with E-state index in [-0.39, 0.29) is 0 Å². The van der Waals surface area contributed by atoms with Crippen molar-refractivity contribution in [2.24, 2.45) is 7.05 Å². The van der Waals surface area contributed by atoms with E-state index in [1.54, 1.807) is 0 Å². The molecule has 3 heteroatoms. The Balaban J connectivity index is 1.83. The third-order valence-corrected chi connectivity index (χ3v) is 3.16. The van der Waals surface area contributed by atoms with E-state index in [9.17, 15) is 0 Å². The lowest BCUT2D eigenvalue weighted by Gasteiger charge is -2.14. The monoisotopic (exact) mass is 243 g/mol. The van der Waals surface area contributed by atoms with E-state index in [2.05, 4.69) is 54.7 Å². The van der Waals surface area contributed by atoms with Crippen LogP contribution in [0.3, 0.4) is 0 Å². The van der Waals surface area contributed by atoms with Crippen molar-refractivity contribution in [2.45, 2.75) is 26.3 Å². The van der Waals surface area contributed by atoms with E-state index in [0.29, 0.717) is 6.04 Å². The summed E-state index contributed by atoms with van der Waals surface area (Å²) < 4.78 is 1.85. The Kier molecular flexibility index (Phi) is 4.15. The van der Waals surface area contributed by atoms with Crippen LogP contribution in [0.25, 0.3) is 0 Å². The molecule has 1 heterocycles. The summed E-state index contributed by atoms with van der Waals surface area (Å²) in [4.78, 5) is 0. The van der Waals surface area contributed by atoms with E-state index in [0.717, 1.165) is 13.0 Å². The van der Waals surface area contributed by atoms with Gasteiger partial charge in [-0.2, -0.15) is 5.10 Å². The van der Waals surface area contributed by atoms with Crippen LogP contribution in [-0.2, 0) is 13.5 Å². The van der Waals surface area contributed by atoms with Crippen molar-refractivity contribution in [3.05, 3.63) is 53.3 Å². The van der Waals surface area contributed by atoms with Crippen LogP contribution in [0.1, 0.15) is 29.7 Å². The van der Waals surface area contributed by atoms with E-state index in [1.165, 1.54) is 16.7 Å². The molecule has 18 heavy (non-hydrogen) atoms. The fourth-order valence-corrected chi connectivity index (χ4v) is 2.09. The molecule has 0 spiro atoms. The molecule has 0 aliphatic heterocycles. The average Bonchev–Trinajstić information content (AvgIpc) is 2.75. The van der Waals surface area contributed by atoms with Crippen molar-refractivity contribution in [1.29, 1.82) is 0 Å². The van der Waals surface area contributed by atoms with Crippen LogP contribution in [0.4, 0.5) is 0 Å². The van der Waals surface area contributed by atoms with Gasteiger partial charge < -0.3 is 5.32 Å². The normalized spacial score (nSPS) is 12.6. The first-order valence-electron chi connectivity index (χ1n) is 6.42. The minimum absolute atomic E-state index is 0.390. The van der Waals surface area contributed by atoms with Crippen LogP contribution in [0.2, 0.25) is 0 Å². The molecule has 0 aliphatic carbocycles. The zero-order valence-corrected chi connectivity index (χ0v) is 11.4. The minimum Gasteiger partial charge on any atom is -0.310 e. The molecule has 2 rings (SSSR count). The highest BCUT2D eigenvalue weighted by atomic mass is 15.2. The molecule has 1 N–H and O–H groups in total. The van der Waals surface area contributed by atoms with Crippen molar-refractivity contribution in [2.75, 3.05) is 6.54 Å². The first-order chi connectivity index (χ1) is 8.65. The Morgan fingerprint density at radius 2 is 2.22 bits per heavy atom. The molecule has 1 aromatic carbocycles. The number of nitrogens with zero attached hydrogens (tertiary/aromatic N) is 2. The Morgan fingerprint density at radius 1 is 1.39 bits per heavy atom. The summed E-state index contributed by atoms with van der Waals surface area (Å²) in [6, 6.07) is 9.05. The van der Waals surface area contributed by atoms with Crippen LogP contribution < -0.4 is 5.32 Å². The van der Waals surface area contributed by atoms with Gasteiger partial charge in [-0.05, 0) is 37.9 Å². The number of aromatic nitrogens is 2. The van der Waals surface area contributed by atoms with Gasteiger partial charge in [0, 0.05) is 19.3 Å². The lowest BCUT2D eigenvalue weighted by atomic mass is 10.1. The van der Waals surface area contributed by atoms with Crippen LogP contribution in [0.15, 0.2) is 36.7 Å². The summed E-state index contributed by atoms with van der Waals surface area (Å²) in [7, 11) is 1.95. The summed E-state index contributed by atoms with van der Waals surface area (Å²) in [5.41, 5.74) is 3.94. The molecule has 2 aromatic rings. The predicted octanol–water partition coefficient (Wildman–Crippen LogP) is 2.62. The predicted molar refractivity (Wildman–Crippen MR) is 74.5 cm³/mol. The Labute approximate surface area is 109 Å². The number of hydrogen-bond donors (Lipinski definition) is 1. The van der Waals surface area contributed by atoms with Gasteiger partial charge in [0.05, 0.1) is 6.20 Å². The second-order valence-electron chi connectivity index (χ2n) is 4.86. The third-order valence-electron chi connectivity index (χ3n) is 3.16. The van der Waals surface area contributed by atoms with Crippen molar-refractivity contribution in [3.8, 4) is 0 Å². The molecular formula is C15H21N3. The van der Waals surface area contributed by atoms with Gasteiger partial charge in [-0.25, -0.2) is 0 Å². The maximum atomic E-state index is 4.17. The number of hydrogen-bond acceptors (Lipinski definition) is 2. The van der Waals surface area contributed by atoms with E-state index < -0.39 is 0 Å². The molecule has 3 nitrogen and oxygen atoms in total. The smallest absolute Gasteiger partial charge is 0.0522 e. The molecule has 1 aromatic heterocycles. The Hall–Kier alpha value is -1.61. The first-order valence-corrected chi connectivity index (χ1v) is 6.42. The average molecular weight is 243 g/mol. The summed E-state index contributed by atoms with van der Waals surface area (Å²) in [6.45, 7) is 5.31. The molecule has 1 atom stereocenters.